The number of guanidine groups is 1. The Morgan fingerprint density at radius 1 is 1.50 bits per heavy atom. The van der Waals surface area contributed by atoms with Gasteiger partial charge in [-0.2, -0.15) is 0 Å². The predicted molar refractivity (Wildman–Crippen MR) is 61.3 cm³/mol. The normalized spacial score (nSPS) is 27.6. The molecule has 0 aromatic heterocycles. The van der Waals surface area contributed by atoms with E-state index in [2.05, 4.69) is 37.6 Å². The van der Waals surface area contributed by atoms with Crippen LogP contribution in [0, 0.1) is 11.8 Å². The van der Waals surface area contributed by atoms with Gasteiger partial charge in [0.1, 0.15) is 0 Å². The molecule has 3 heteroatoms. The van der Waals surface area contributed by atoms with Gasteiger partial charge in [-0.15, -0.1) is 0 Å². The van der Waals surface area contributed by atoms with Gasteiger partial charge in [0.2, 0.25) is 0 Å². The van der Waals surface area contributed by atoms with Gasteiger partial charge in [0.15, 0.2) is 5.96 Å². The summed E-state index contributed by atoms with van der Waals surface area (Å²) in [5.41, 5.74) is 5.82. The van der Waals surface area contributed by atoms with E-state index in [4.69, 9.17) is 5.73 Å². The van der Waals surface area contributed by atoms with Crippen LogP contribution in [0.25, 0.3) is 0 Å². The van der Waals surface area contributed by atoms with Gasteiger partial charge in [0.05, 0.1) is 5.54 Å². The van der Waals surface area contributed by atoms with Gasteiger partial charge in [0, 0.05) is 13.6 Å². The Bertz CT molecular complexity index is 227. The Morgan fingerprint density at radius 3 is 2.36 bits per heavy atom. The summed E-state index contributed by atoms with van der Waals surface area (Å²) < 4.78 is 0. The third-order valence-corrected chi connectivity index (χ3v) is 2.63. The lowest BCUT2D eigenvalue weighted by atomic mass is 10.1. The number of nitrogens with zero attached hydrogens (tertiary/aromatic N) is 2. The quantitative estimate of drug-likeness (QED) is 0.540. The highest BCUT2D eigenvalue weighted by molar-refractivity contribution is 5.78. The van der Waals surface area contributed by atoms with Crippen LogP contribution in [-0.4, -0.2) is 30.0 Å². The SMILES string of the molecule is CC1CC1CN(C)C(N)=NC(C)(C)C. The van der Waals surface area contributed by atoms with Crippen molar-refractivity contribution in [2.75, 3.05) is 13.6 Å². The molecule has 1 fully saturated rings. The van der Waals surface area contributed by atoms with E-state index >= 15 is 0 Å². The average molecular weight is 197 g/mol. The van der Waals surface area contributed by atoms with Crippen molar-refractivity contribution < 1.29 is 0 Å². The minimum Gasteiger partial charge on any atom is -0.370 e. The van der Waals surface area contributed by atoms with E-state index in [0.717, 1.165) is 18.4 Å². The summed E-state index contributed by atoms with van der Waals surface area (Å²) in [4.78, 5) is 6.50. The first kappa shape index (κ1) is 11.3. The van der Waals surface area contributed by atoms with Gasteiger partial charge in [-0.1, -0.05) is 6.92 Å². The molecule has 0 aromatic rings. The molecule has 0 bridgehead atoms. The van der Waals surface area contributed by atoms with Crippen LogP contribution in [0.4, 0.5) is 0 Å². The molecule has 1 aliphatic carbocycles. The molecule has 82 valence electrons. The second kappa shape index (κ2) is 3.79. The lowest BCUT2D eigenvalue weighted by Gasteiger charge is -2.21. The summed E-state index contributed by atoms with van der Waals surface area (Å²) in [6.07, 6.45) is 1.34. The van der Waals surface area contributed by atoms with Crippen molar-refractivity contribution in [3.63, 3.8) is 0 Å². The maximum absolute atomic E-state index is 5.90. The molecule has 1 saturated carbocycles. The average Bonchev–Trinajstić information content (AvgIpc) is 2.62. The fraction of sp³-hybridized carbons (Fsp3) is 0.909. The molecule has 1 aliphatic rings. The molecule has 0 heterocycles. The zero-order valence-electron chi connectivity index (χ0n) is 10.0. The Morgan fingerprint density at radius 2 is 2.00 bits per heavy atom. The summed E-state index contributed by atoms with van der Waals surface area (Å²) in [6.45, 7) is 9.52. The second-order valence-corrected chi connectivity index (χ2v) is 5.49. The highest BCUT2D eigenvalue weighted by atomic mass is 15.2. The summed E-state index contributed by atoms with van der Waals surface area (Å²) in [7, 11) is 2.02. The topological polar surface area (TPSA) is 41.6 Å². The first-order chi connectivity index (χ1) is 6.29. The van der Waals surface area contributed by atoms with E-state index in [9.17, 15) is 0 Å². The largest absolute Gasteiger partial charge is 0.370 e. The van der Waals surface area contributed by atoms with Crippen molar-refractivity contribution in [1.82, 2.24) is 4.90 Å². The van der Waals surface area contributed by atoms with Crippen LogP contribution >= 0.6 is 0 Å². The van der Waals surface area contributed by atoms with Gasteiger partial charge >= 0.3 is 0 Å². The monoisotopic (exact) mass is 197 g/mol. The maximum atomic E-state index is 5.90. The fourth-order valence-corrected chi connectivity index (χ4v) is 1.53. The maximum Gasteiger partial charge on any atom is 0.191 e. The molecule has 0 aromatic carbocycles. The summed E-state index contributed by atoms with van der Waals surface area (Å²) in [6, 6.07) is 0. The summed E-state index contributed by atoms with van der Waals surface area (Å²) in [5.74, 6) is 2.37. The van der Waals surface area contributed by atoms with E-state index in [1.165, 1.54) is 6.42 Å². The highest BCUT2D eigenvalue weighted by Gasteiger charge is 2.33. The van der Waals surface area contributed by atoms with Crippen molar-refractivity contribution in [2.45, 2.75) is 39.7 Å². The molecule has 0 aliphatic heterocycles. The van der Waals surface area contributed by atoms with Crippen LogP contribution in [0.5, 0.6) is 0 Å². The van der Waals surface area contributed by atoms with Crippen molar-refractivity contribution in [2.24, 2.45) is 22.6 Å². The predicted octanol–water partition coefficient (Wildman–Crippen LogP) is 1.69. The van der Waals surface area contributed by atoms with E-state index in [1.54, 1.807) is 0 Å². The molecule has 0 radical (unpaired) electrons. The van der Waals surface area contributed by atoms with Crippen molar-refractivity contribution in [3.8, 4) is 0 Å². The van der Waals surface area contributed by atoms with Crippen molar-refractivity contribution in [3.05, 3.63) is 0 Å². The molecule has 3 nitrogen and oxygen atoms in total. The number of rotatable bonds is 2. The van der Waals surface area contributed by atoms with E-state index in [0.29, 0.717) is 5.96 Å². The number of aliphatic imine (C=N–C) groups is 1. The smallest absolute Gasteiger partial charge is 0.191 e. The Labute approximate surface area is 87.4 Å². The first-order valence-corrected chi connectivity index (χ1v) is 5.36. The first-order valence-electron chi connectivity index (χ1n) is 5.36. The Balaban J connectivity index is 2.43. The zero-order valence-corrected chi connectivity index (χ0v) is 10.0. The van der Waals surface area contributed by atoms with Crippen molar-refractivity contribution >= 4 is 5.96 Å². The molecular formula is C11H23N3. The summed E-state index contributed by atoms with van der Waals surface area (Å²) in [5, 5.41) is 0. The summed E-state index contributed by atoms with van der Waals surface area (Å²) >= 11 is 0. The van der Waals surface area contributed by atoms with E-state index in [1.807, 2.05) is 7.05 Å². The van der Waals surface area contributed by atoms with Crippen LogP contribution in [0.3, 0.4) is 0 Å². The molecule has 1 rings (SSSR count). The van der Waals surface area contributed by atoms with Crippen LogP contribution < -0.4 is 5.73 Å². The molecule has 0 spiro atoms. The second-order valence-electron chi connectivity index (χ2n) is 5.49. The zero-order chi connectivity index (χ0) is 10.9. The Kier molecular flexibility index (Phi) is 3.07. The minimum absolute atomic E-state index is 0.0759. The molecule has 2 unspecified atom stereocenters. The number of hydrogen-bond acceptors (Lipinski definition) is 1. The molecular weight excluding hydrogens is 174 g/mol. The van der Waals surface area contributed by atoms with Gasteiger partial charge < -0.3 is 10.6 Å². The molecule has 0 saturated heterocycles. The highest BCUT2D eigenvalue weighted by Crippen LogP contribution is 2.37. The fourth-order valence-electron chi connectivity index (χ4n) is 1.53. The number of nitrogens with two attached hydrogens (primary N) is 1. The Hall–Kier alpha value is -0.730. The minimum atomic E-state index is -0.0759. The molecule has 2 N–H and O–H groups in total. The van der Waals surface area contributed by atoms with Crippen LogP contribution in [-0.2, 0) is 0 Å². The molecule has 2 atom stereocenters. The lowest BCUT2D eigenvalue weighted by molar-refractivity contribution is 0.445. The third kappa shape index (κ3) is 3.56. The van der Waals surface area contributed by atoms with Crippen LogP contribution in [0.2, 0.25) is 0 Å². The van der Waals surface area contributed by atoms with E-state index in [-0.39, 0.29) is 5.54 Å². The number of hydrogen-bond donors (Lipinski definition) is 1. The van der Waals surface area contributed by atoms with Crippen LogP contribution in [0.15, 0.2) is 4.99 Å². The van der Waals surface area contributed by atoms with Crippen LogP contribution in [0.1, 0.15) is 34.1 Å². The molecule has 14 heavy (non-hydrogen) atoms. The lowest BCUT2D eigenvalue weighted by Crippen LogP contribution is -2.37. The van der Waals surface area contributed by atoms with Gasteiger partial charge in [-0.05, 0) is 39.0 Å². The molecule has 0 amide bonds. The van der Waals surface area contributed by atoms with Gasteiger partial charge in [-0.3, -0.25) is 0 Å². The third-order valence-electron chi connectivity index (χ3n) is 2.63. The van der Waals surface area contributed by atoms with Crippen molar-refractivity contribution in [1.29, 1.82) is 0 Å². The standard InChI is InChI=1S/C11H23N3/c1-8-6-9(8)7-14(5)10(12)13-11(2,3)4/h8-9H,6-7H2,1-5H3,(H2,12,13). The van der Waals surface area contributed by atoms with E-state index < -0.39 is 0 Å². The van der Waals surface area contributed by atoms with Gasteiger partial charge in [-0.25, -0.2) is 4.99 Å². The van der Waals surface area contributed by atoms with Gasteiger partial charge in [0.25, 0.3) is 0 Å².